The van der Waals surface area contributed by atoms with E-state index in [1.54, 1.807) is 16.7 Å². The van der Waals surface area contributed by atoms with Crippen LogP contribution in [-0.2, 0) is 4.74 Å². The zero-order chi connectivity index (χ0) is 24.2. The van der Waals surface area contributed by atoms with Crippen molar-refractivity contribution in [1.82, 2.24) is 24.9 Å². The van der Waals surface area contributed by atoms with Crippen LogP contribution >= 0.6 is 0 Å². The molecule has 8 heteroatoms. The van der Waals surface area contributed by atoms with E-state index >= 15 is 0 Å². The van der Waals surface area contributed by atoms with Crippen LogP contribution in [0.2, 0.25) is 0 Å². The maximum atomic E-state index is 13.2. The van der Waals surface area contributed by atoms with Gasteiger partial charge in [0, 0.05) is 38.9 Å². The largest absolute Gasteiger partial charge is 0.379 e. The van der Waals surface area contributed by atoms with Crippen molar-refractivity contribution >= 4 is 17.5 Å². The fourth-order valence-corrected chi connectivity index (χ4v) is 6.95. The van der Waals surface area contributed by atoms with Crippen LogP contribution in [0.15, 0.2) is 36.5 Å². The van der Waals surface area contributed by atoms with Gasteiger partial charge in [0.25, 0.3) is 11.8 Å². The molecular formula is C27H35N5O3. The molecule has 4 aliphatic rings. The molecule has 1 saturated heterocycles. The second-order valence-corrected chi connectivity index (χ2v) is 11.4. The van der Waals surface area contributed by atoms with Gasteiger partial charge in [-0.15, -0.1) is 0 Å². The lowest BCUT2D eigenvalue weighted by atomic mass is 9.71. The van der Waals surface area contributed by atoms with Crippen molar-refractivity contribution in [3.63, 3.8) is 0 Å². The number of ether oxygens (including phenoxy) is 1. The first kappa shape index (κ1) is 22.7. The second-order valence-electron chi connectivity index (χ2n) is 11.4. The van der Waals surface area contributed by atoms with Crippen LogP contribution in [0.25, 0.3) is 5.65 Å². The fraction of sp³-hybridized carbons (Fsp3) is 0.593. The van der Waals surface area contributed by atoms with Crippen molar-refractivity contribution in [3.8, 4) is 0 Å². The Kier molecular flexibility index (Phi) is 5.49. The smallest absolute Gasteiger partial charge is 0.271 e. The van der Waals surface area contributed by atoms with Gasteiger partial charge < -0.3 is 15.4 Å². The van der Waals surface area contributed by atoms with Crippen LogP contribution in [0.3, 0.4) is 0 Å². The van der Waals surface area contributed by atoms with Gasteiger partial charge in [0.1, 0.15) is 17.0 Å². The van der Waals surface area contributed by atoms with E-state index in [0.717, 1.165) is 51.6 Å². The first-order valence-electron chi connectivity index (χ1n) is 12.9. The summed E-state index contributed by atoms with van der Waals surface area (Å²) in [5.74, 6) is 1.04. The summed E-state index contributed by atoms with van der Waals surface area (Å²) in [6, 6.07) is 5.43. The third-order valence-electron chi connectivity index (χ3n) is 9.06. The minimum Gasteiger partial charge on any atom is -0.379 e. The summed E-state index contributed by atoms with van der Waals surface area (Å²) < 4.78 is 7.08. The van der Waals surface area contributed by atoms with Gasteiger partial charge in [-0.05, 0) is 60.5 Å². The Morgan fingerprint density at radius 2 is 2.00 bits per heavy atom. The number of hydrogen-bond acceptors (Lipinski definition) is 5. The van der Waals surface area contributed by atoms with Crippen LogP contribution in [-0.4, -0.2) is 72.0 Å². The molecule has 3 heterocycles. The summed E-state index contributed by atoms with van der Waals surface area (Å²) in [7, 11) is 0. The number of aromatic nitrogens is 2. The number of hydrogen-bond donors (Lipinski definition) is 2. The van der Waals surface area contributed by atoms with E-state index in [1.165, 1.54) is 18.4 Å². The predicted molar refractivity (Wildman–Crippen MR) is 132 cm³/mol. The molecule has 0 aromatic carbocycles. The van der Waals surface area contributed by atoms with Gasteiger partial charge in [0.15, 0.2) is 0 Å². The minimum atomic E-state index is -0.225. The van der Waals surface area contributed by atoms with E-state index < -0.39 is 0 Å². The molecule has 2 N–H and O–H groups in total. The number of imidazole rings is 1. The zero-order valence-electron chi connectivity index (χ0n) is 20.5. The zero-order valence-corrected chi connectivity index (χ0v) is 20.5. The van der Waals surface area contributed by atoms with Crippen LogP contribution < -0.4 is 10.6 Å². The van der Waals surface area contributed by atoms with Crippen molar-refractivity contribution in [2.45, 2.75) is 32.6 Å². The third kappa shape index (κ3) is 4.06. The molecule has 2 amide bonds. The number of nitrogens with zero attached hydrogens (tertiary/aromatic N) is 3. The lowest BCUT2D eigenvalue weighted by Gasteiger charge is -2.35. The Labute approximate surface area is 206 Å². The van der Waals surface area contributed by atoms with Crippen LogP contribution in [0.1, 0.15) is 53.6 Å². The fourth-order valence-electron chi connectivity index (χ4n) is 6.95. The molecule has 4 fully saturated rings. The van der Waals surface area contributed by atoms with Gasteiger partial charge in [-0.25, -0.2) is 4.98 Å². The van der Waals surface area contributed by atoms with Gasteiger partial charge >= 0.3 is 0 Å². The number of fused-ring (bicyclic) bond motifs is 5. The minimum absolute atomic E-state index is 0.125. The Morgan fingerprint density at radius 3 is 2.83 bits per heavy atom. The van der Waals surface area contributed by atoms with Gasteiger partial charge in [-0.1, -0.05) is 25.1 Å². The summed E-state index contributed by atoms with van der Waals surface area (Å²) in [4.78, 5) is 32.7. The van der Waals surface area contributed by atoms with Crippen LogP contribution in [0.5, 0.6) is 0 Å². The number of morpholine rings is 1. The number of allylic oxidation sites excluding steroid dienone is 1. The molecule has 0 radical (unpaired) electrons. The lowest BCUT2D eigenvalue weighted by molar-refractivity contribution is 0.0383. The molecule has 2 aromatic heterocycles. The molecule has 3 saturated carbocycles. The van der Waals surface area contributed by atoms with Crippen molar-refractivity contribution in [2.75, 3.05) is 45.9 Å². The normalized spacial score (nSPS) is 31.9. The average molecular weight is 478 g/mol. The Balaban J connectivity index is 1.10. The molecule has 8 nitrogen and oxygen atoms in total. The Morgan fingerprint density at radius 1 is 1.17 bits per heavy atom. The molecular weight excluding hydrogens is 442 g/mol. The lowest BCUT2D eigenvalue weighted by Crippen LogP contribution is -2.41. The first-order valence-corrected chi connectivity index (χ1v) is 12.9. The number of rotatable bonds is 7. The van der Waals surface area contributed by atoms with E-state index in [2.05, 4.69) is 34.0 Å². The summed E-state index contributed by atoms with van der Waals surface area (Å²) in [5, 5.41) is 6.17. The predicted octanol–water partition coefficient (Wildman–Crippen LogP) is 2.51. The van der Waals surface area contributed by atoms with E-state index in [0.29, 0.717) is 41.5 Å². The van der Waals surface area contributed by atoms with Crippen molar-refractivity contribution < 1.29 is 14.3 Å². The summed E-state index contributed by atoms with van der Waals surface area (Å²) >= 11 is 0. The maximum Gasteiger partial charge on any atom is 0.271 e. The maximum absolute atomic E-state index is 13.2. The number of amides is 2. The number of carbonyl (C=O) groups excluding carboxylic acids is 2. The highest BCUT2D eigenvalue weighted by molar-refractivity contribution is 5.95. The number of nitrogens with one attached hydrogen (secondary N) is 2. The molecule has 35 heavy (non-hydrogen) atoms. The molecule has 4 atom stereocenters. The van der Waals surface area contributed by atoms with Crippen LogP contribution in [0.4, 0.5) is 0 Å². The van der Waals surface area contributed by atoms with E-state index in [1.807, 2.05) is 12.1 Å². The van der Waals surface area contributed by atoms with Crippen LogP contribution in [0, 0.1) is 22.7 Å². The summed E-state index contributed by atoms with van der Waals surface area (Å²) in [6.07, 6.45) is 6.31. The molecule has 0 spiro atoms. The Bertz CT molecular complexity index is 1180. The molecule has 186 valence electrons. The molecule has 2 bridgehead atoms. The van der Waals surface area contributed by atoms with Crippen molar-refractivity contribution in [2.24, 2.45) is 22.7 Å². The highest BCUT2D eigenvalue weighted by Crippen LogP contribution is 2.73. The van der Waals surface area contributed by atoms with Gasteiger partial charge in [0.05, 0.1) is 13.2 Å². The highest BCUT2D eigenvalue weighted by atomic mass is 16.5. The van der Waals surface area contributed by atoms with Gasteiger partial charge in [-0.2, -0.15) is 0 Å². The van der Waals surface area contributed by atoms with E-state index in [4.69, 9.17) is 4.74 Å². The van der Waals surface area contributed by atoms with Gasteiger partial charge in [0.2, 0.25) is 0 Å². The first-order chi connectivity index (χ1) is 16.9. The van der Waals surface area contributed by atoms with E-state index in [-0.39, 0.29) is 17.2 Å². The molecule has 3 aliphatic carbocycles. The van der Waals surface area contributed by atoms with Gasteiger partial charge in [-0.3, -0.25) is 18.9 Å². The topological polar surface area (TPSA) is 88.0 Å². The SMILES string of the molecule is C=C1CC2(CNC(=O)c3cccc4nc(C(=O)NCCN5CCOCC5)cn34)CC3CC3(C)C1C2. The molecule has 1 aliphatic heterocycles. The summed E-state index contributed by atoms with van der Waals surface area (Å²) in [5.41, 5.74) is 3.40. The molecule has 2 aromatic rings. The van der Waals surface area contributed by atoms with Crippen molar-refractivity contribution in [3.05, 3.63) is 47.9 Å². The monoisotopic (exact) mass is 477 g/mol. The standard InChI is InChI=1S/C27H35N5O3/c1-18-12-27(14-19-13-26(19,2)20(18)15-27)17-29-25(34)22-4-3-5-23-30-21(16-32(22)23)24(33)28-6-7-31-8-10-35-11-9-31/h3-5,16,19-20H,1,6-15,17H2,2H3,(H,28,33)(H,29,34). The summed E-state index contributed by atoms with van der Waals surface area (Å²) in [6.45, 7) is 12.1. The van der Waals surface area contributed by atoms with Crippen molar-refractivity contribution in [1.29, 1.82) is 0 Å². The van der Waals surface area contributed by atoms with E-state index in [9.17, 15) is 9.59 Å². The molecule has 6 rings (SSSR count). The number of pyridine rings is 1. The highest BCUT2D eigenvalue weighted by Gasteiger charge is 2.65. The third-order valence-corrected chi connectivity index (χ3v) is 9.06. The quantitative estimate of drug-likeness (QED) is 0.599. The number of carbonyl (C=O) groups is 2. The average Bonchev–Trinajstić information content (AvgIpc) is 3.19. The second kappa shape index (κ2) is 8.45. The Hall–Kier alpha value is -2.71. The molecule has 4 unspecified atom stereocenters.